The predicted octanol–water partition coefficient (Wildman–Crippen LogP) is 4.62. The molecule has 0 bridgehead atoms. The summed E-state index contributed by atoms with van der Waals surface area (Å²) < 4.78 is 67.0. The Morgan fingerprint density at radius 1 is 1.09 bits per heavy atom. The zero-order valence-corrected chi connectivity index (χ0v) is 18.5. The monoisotopic (exact) mass is 473 g/mol. The predicted molar refractivity (Wildman–Crippen MR) is 109 cm³/mol. The number of nitrogens with zero attached hydrogens (tertiary/aromatic N) is 2. The molecule has 33 heavy (non-hydrogen) atoms. The number of alkyl halides is 5. The first-order valence-corrected chi connectivity index (χ1v) is 10.0. The zero-order valence-electron chi connectivity index (χ0n) is 18.5. The SMILES string of the molecule is Cc1cc(C(=O)NC(C)c2ccc(OCC(F)(F)C(F)(F)F)nc2)cc(CC(=O)C(C)C)n1. The van der Waals surface area contributed by atoms with Crippen molar-refractivity contribution in [2.24, 2.45) is 5.92 Å². The third-order valence-electron chi connectivity index (χ3n) is 4.69. The first-order valence-electron chi connectivity index (χ1n) is 10.0. The third-order valence-corrected chi connectivity index (χ3v) is 4.69. The maximum absolute atomic E-state index is 12.9. The summed E-state index contributed by atoms with van der Waals surface area (Å²) in [4.78, 5) is 32.7. The van der Waals surface area contributed by atoms with E-state index >= 15 is 0 Å². The highest BCUT2D eigenvalue weighted by atomic mass is 19.4. The number of hydrogen-bond acceptors (Lipinski definition) is 5. The Kier molecular flexibility index (Phi) is 8.10. The number of ether oxygens (including phenoxy) is 1. The van der Waals surface area contributed by atoms with Gasteiger partial charge in [-0.15, -0.1) is 0 Å². The Labute approximate surface area is 187 Å². The summed E-state index contributed by atoms with van der Waals surface area (Å²) in [6, 6.07) is 5.07. The van der Waals surface area contributed by atoms with Crippen molar-refractivity contribution < 1.29 is 36.3 Å². The zero-order chi connectivity index (χ0) is 25.0. The number of halogens is 5. The summed E-state index contributed by atoms with van der Waals surface area (Å²) in [5.41, 5.74) is 1.83. The number of nitrogens with one attached hydrogen (secondary N) is 1. The number of hydrogen-bond donors (Lipinski definition) is 1. The van der Waals surface area contributed by atoms with E-state index in [1.807, 2.05) is 0 Å². The van der Waals surface area contributed by atoms with Crippen LogP contribution in [0.4, 0.5) is 22.0 Å². The highest BCUT2D eigenvalue weighted by Crippen LogP contribution is 2.35. The molecule has 0 aliphatic carbocycles. The third kappa shape index (κ3) is 7.19. The summed E-state index contributed by atoms with van der Waals surface area (Å²) in [6.45, 7) is 5.01. The largest absolute Gasteiger partial charge is 0.471 e. The lowest BCUT2D eigenvalue weighted by Gasteiger charge is -2.19. The van der Waals surface area contributed by atoms with Gasteiger partial charge in [-0.2, -0.15) is 22.0 Å². The summed E-state index contributed by atoms with van der Waals surface area (Å²) in [5, 5.41) is 2.74. The molecule has 0 aliphatic rings. The van der Waals surface area contributed by atoms with Gasteiger partial charge in [-0.1, -0.05) is 19.9 Å². The van der Waals surface area contributed by atoms with Crippen molar-refractivity contribution in [1.29, 1.82) is 0 Å². The van der Waals surface area contributed by atoms with Crippen LogP contribution in [0.2, 0.25) is 0 Å². The van der Waals surface area contributed by atoms with Crippen LogP contribution in [-0.2, 0) is 11.2 Å². The molecule has 0 fully saturated rings. The molecule has 11 heteroatoms. The number of carbonyl (C=O) groups is 2. The van der Waals surface area contributed by atoms with Crippen molar-refractivity contribution in [1.82, 2.24) is 15.3 Å². The lowest BCUT2D eigenvalue weighted by Crippen LogP contribution is -2.41. The van der Waals surface area contributed by atoms with Crippen LogP contribution in [0.15, 0.2) is 30.5 Å². The fourth-order valence-corrected chi connectivity index (χ4v) is 2.68. The van der Waals surface area contributed by atoms with Crippen LogP contribution in [0.5, 0.6) is 5.88 Å². The van der Waals surface area contributed by atoms with Gasteiger partial charge in [-0.25, -0.2) is 4.98 Å². The Hall–Kier alpha value is -3.11. The molecule has 0 spiro atoms. The topological polar surface area (TPSA) is 81.2 Å². The second kappa shape index (κ2) is 10.2. The van der Waals surface area contributed by atoms with E-state index < -0.39 is 36.5 Å². The summed E-state index contributed by atoms with van der Waals surface area (Å²) >= 11 is 0. The summed E-state index contributed by atoms with van der Waals surface area (Å²) in [7, 11) is 0. The van der Waals surface area contributed by atoms with Crippen LogP contribution in [0.25, 0.3) is 0 Å². The number of carbonyl (C=O) groups excluding carboxylic acids is 2. The fourth-order valence-electron chi connectivity index (χ4n) is 2.68. The minimum absolute atomic E-state index is 0.00537. The van der Waals surface area contributed by atoms with Gasteiger partial charge in [0.2, 0.25) is 5.88 Å². The molecule has 0 radical (unpaired) electrons. The van der Waals surface area contributed by atoms with E-state index in [0.29, 0.717) is 22.5 Å². The lowest BCUT2D eigenvalue weighted by molar-refractivity contribution is -0.290. The molecule has 1 atom stereocenters. The number of rotatable bonds is 9. The second-order valence-corrected chi connectivity index (χ2v) is 7.90. The van der Waals surface area contributed by atoms with Gasteiger partial charge >= 0.3 is 12.1 Å². The van der Waals surface area contributed by atoms with Gasteiger partial charge in [0, 0.05) is 41.6 Å². The number of aromatic nitrogens is 2. The van der Waals surface area contributed by atoms with E-state index in [-0.39, 0.29) is 18.1 Å². The van der Waals surface area contributed by atoms with Crippen LogP contribution in [-0.4, -0.2) is 40.4 Å². The molecule has 1 amide bonds. The van der Waals surface area contributed by atoms with Crippen molar-refractivity contribution in [3.8, 4) is 5.88 Å². The molecule has 0 saturated carbocycles. The molecule has 0 aliphatic heterocycles. The average Bonchev–Trinajstić information content (AvgIpc) is 2.71. The van der Waals surface area contributed by atoms with Crippen LogP contribution in [0, 0.1) is 12.8 Å². The Balaban J connectivity index is 2.03. The van der Waals surface area contributed by atoms with Crippen molar-refractivity contribution in [3.63, 3.8) is 0 Å². The molecular formula is C22H24F5N3O3. The van der Waals surface area contributed by atoms with Gasteiger partial charge in [0.15, 0.2) is 6.61 Å². The van der Waals surface area contributed by atoms with Crippen molar-refractivity contribution >= 4 is 11.7 Å². The Bertz CT molecular complexity index is 992. The molecule has 2 aromatic rings. The molecule has 1 N–H and O–H groups in total. The molecule has 6 nitrogen and oxygen atoms in total. The highest BCUT2D eigenvalue weighted by molar-refractivity contribution is 5.95. The van der Waals surface area contributed by atoms with E-state index in [1.165, 1.54) is 18.3 Å². The van der Waals surface area contributed by atoms with Gasteiger partial charge in [0.05, 0.1) is 6.04 Å². The first-order chi connectivity index (χ1) is 15.2. The number of pyridine rings is 2. The molecule has 2 heterocycles. The van der Waals surface area contributed by atoms with Gasteiger partial charge in [-0.3, -0.25) is 14.6 Å². The minimum atomic E-state index is -5.72. The van der Waals surface area contributed by atoms with Crippen LogP contribution in [0.1, 0.15) is 54.1 Å². The van der Waals surface area contributed by atoms with Crippen molar-refractivity contribution in [3.05, 3.63) is 53.0 Å². The van der Waals surface area contributed by atoms with Crippen molar-refractivity contribution in [2.45, 2.75) is 52.3 Å². The Morgan fingerprint density at radius 2 is 1.76 bits per heavy atom. The van der Waals surface area contributed by atoms with E-state index in [4.69, 9.17) is 0 Å². The van der Waals surface area contributed by atoms with Crippen LogP contribution >= 0.6 is 0 Å². The van der Waals surface area contributed by atoms with E-state index in [1.54, 1.807) is 33.8 Å². The summed E-state index contributed by atoms with van der Waals surface area (Å²) in [6.07, 6.45) is -4.41. The van der Waals surface area contributed by atoms with Crippen molar-refractivity contribution in [2.75, 3.05) is 6.61 Å². The number of ketones is 1. The minimum Gasteiger partial charge on any atom is -0.471 e. The first kappa shape index (κ1) is 26.1. The lowest BCUT2D eigenvalue weighted by atomic mass is 10.0. The molecule has 0 saturated heterocycles. The Morgan fingerprint density at radius 3 is 2.30 bits per heavy atom. The van der Waals surface area contributed by atoms with E-state index in [2.05, 4.69) is 20.0 Å². The van der Waals surface area contributed by atoms with E-state index in [0.717, 1.165) is 6.07 Å². The maximum Gasteiger partial charge on any atom is 0.456 e. The average molecular weight is 473 g/mol. The molecule has 2 aromatic heterocycles. The standard InChI is InChI=1S/C22H24F5N3O3/c1-12(2)18(31)9-17-8-16(7-13(3)29-17)20(32)30-14(4)15-5-6-19(28-10-15)33-11-21(23,24)22(25,26)27/h5-8,10,12,14H,9,11H2,1-4H3,(H,30,32). The molecular weight excluding hydrogens is 449 g/mol. The number of amides is 1. The second-order valence-electron chi connectivity index (χ2n) is 7.90. The van der Waals surface area contributed by atoms with Gasteiger partial charge < -0.3 is 10.1 Å². The van der Waals surface area contributed by atoms with Gasteiger partial charge in [0.25, 0.3) is 5.91 Å². The smallest absolute Gasteiger partial charge is 0.456 e. The van der Waals surface area contributed by atoms with Crippen LogP contribution < -0.4 is 10.1 Å². The fraction of sp³-hybridized carbons (Fsp3) is 0.455. The maximum atomic E-state index is 12.9. The highest BCUT2D eigenvalue weighted by Gasteiger charge is 2.58. The van der Waals surface area contributed by atoms with E-state index in [9.17, 15) is 31.5 Å². The molecule has 2 rings (SSSR count). The van der Waals surface area contributed by atoms with Gasteiger partial charge in [0.1, 0.15) is 5.78 Å². The number of Topliss-reactive ketones (excluding diaryl/α,β-unsaturated/α-hetero) is 1. The molecule has 0 aromatic carbocycles. The molecule has 180 valence electrons. The summed E-state index contributed by atoms with van der Waals surface area (Å²) in [5.74, 6) is -6.02. The van der Waals surface area contributed by atoms with Gasteiger partial charge in [-0.05, 0) is 31.5 Å². The quantitative estimate of drug-likeness (QED) is 0.538. The molecule has 1 unspecified atom stereocenters. The van der Waals surface area contributed by atoms with Crippen LogP contribution in [0.3, 0.4) is 0 Å². The number of aryl methyl sites for hydroxylation is 1. The normalized spacial score (nSPS) is 13.0.